The Morgan fingerprint density at radius 3 is 2.79 bits per heavy atom. The molecule has 2 fully saturated rings. The van der Waals surface area contributed by atoms with Crippen LogP contribution in [0.3, 0.4) is 0 Å². The van der Waals surface area contributed by atoms with Crippen LogP contribution in [0.15, 0.2) is 30.3 Å². The van der Waals surface area contributed by atoms with Gasteiger partial charge in [-0.05, 0) is 25.0 Å². The van der Waals surface area contributed by atoms with Crippen molar-refractivity contribution in [1.82, 2.24) is 15.2 Å². The molecule has 2 aliphatic rings. The summed E-state index contributed by atoms with van der Waals surface area (Å²) in [5.41, 5.74) is 0.612. The maximum Gasteiger partial charge on any atom is 0.325 e. The third-order valence-electron chi connectivity index (χ3n) is 5.38. The Kier molecular flexibility index (Phi) is 4.93. The Morgan fingerprint density at radius 1 is 1.25 bits per heavy atom. The molecule has 0 radical (unpaired) electrons. The molecule has 1 aliphatic carbocycles. The number of esters is 1. The predicted octanol–water partition coefficient (Wildman–Crippen LogP) is 3.19. The van der Waals surface area contributed by atoms with Crippen LogP contribution in [0.25, 0.3) is 10.9 Å². The molecule has 8 heteroatoms. The molecule has 1 N–H and O–H groups in total. The third kappa shape index (κ3) is 3.42. The van der Waals surface area contributed by atoms with Crippen molar-refractivity contribution in [1.29, 1.82) is 0 Å². The van der Waals surface area contributed by atoms with E-state index in [2.05, 4.69) is 10.3 Å². The fourth-order valence-corrected chi connectivity index (χ4v) is 4.07. The average Bonchev–Trinajstić information content (AvgIpc) is 3.24. The van der Waals surface area contributed by atoms with Crippen LogP contribution < -0.4 is 5.32 Å². The smallest absolute Gasteiger partial charge is 0.325 e. The van der Waals surface area contributed by atoms with Crippen molar-refractivity contribution in [3.63, 3.8) is 0 Å². The molecule has 28 heavy (non-hydrogen) atoms. The van der Waals surface area contributed by atoms with E-state index in [1.54, 1.807) is 0 Å². The first-order chi connectivity index (χ1) is 13.5. The zero-order valence-corrected chi connectivity index (χ0v) is 16.0. The summed E-state index contributed by atoms with van der Waals surface area (Å²) < 4.78 is 5.27. The van der Waals surface area contributed by atoms with Crippen LogP contribution in [-0.2, 0) is 20.9 Å². The Bertz CT molecular complexity index is 956. The number of urea groups is 1. The molecule has 1 spiro atoms. The molecule has 0 atom stereocenters. The van der Waals surface area contributed by atoms with E-state index < -0.39 is 17.5 Å². The summed E-state index contributed by atoms with van der Waals surface area (Å²) in [7, 11) is 0. The summed E-state index contributed by atoms with van der Waals surface area (Å²) in [5, 5.41) is 3.98. The normalized spacial score (nSPS) is 18.1. The van der Waals surface area contributed by atoms with Crippen molar-refractivity contribution in [3.8, 4) is 0 Å². The highest BCUT2D eigenvalue weighted by Crippen LogP contribution is 2.35. The van der Waals surface area contributed by atoms with Crippen LogP contribution in [-0.4, -0.2) is 39.9 Å². The summed E-state index contributed by atoms with van der Waals surface area (Å²) in [4.78, 5) is 42.2. The van der Waals surface area contributed by atoms with E-state index in [1.807, 2.05) is 30.3 Å². The molecule has 4 rings (SSSR count). The van der Waals surface area contributed by atoms with Gasteiger partial charge in [0.1, 0.15) is 17.3 Å². The highest BCUT2D eigenvalue weighted by Gasteiger charge is 2.52. The Morgan fingerprint density at radius 2 is 2.00 bits per heavy atom. The Balaban J connectivity index is 1.33. The molecule has 0 bridgehead atoms. The summed E-state index contributed by atoms with van der Waals surface area (Å²) >= 11 is 6.17. The summed E-state index contributed by atoms with van der Waals surface area (Å²) in [6, 6.07) is 8.92. The predicted molar refractivity (Wildman–Crippen MR) is 103 cm³/mol. The number of para-hydroxylation sites is 1. The first-order valence-electron chi connectivity index (χ1n) is 9.32. The van der Waals surface area contributed by atoms with Gasteiger partial charge in [-0.25, -0.2) is 9.78 Å². The van der Waals surface area contributed by atoms with Gasteiger partial charge in [-0.2, -0.15) is 0 Å². The number of imide groups is 1. The number of hydrogen-bond donors (Lipinski definition) is 1. The Labute approximate surface area is 167 Å². The van der Waals surface area contributed by atoms with E-state index in [9.17, 15) is 14.4 Å². The number of carbonyl (C=O) groups excluding carboxylic acids is 3. The highest BCUT2D eigenvalue weighted by molar-refractivity contribution is 6.30. The number of nitrogens with zero attached hydrogens (tertiary/aromatic N) is 2. The molecule has 146 valence electrons. The number of fused-ring (bicyclic) bond motifs is 1. The fourth-order valence-electron chi connectivity index (χ4n) is 3.87. The van der Waals surface area contributed by atoms with Gasteiger partial charge in [0.25, 0.3) is 5.91 Å². The van der Waals surface area contributed by atoms with Gasteiger partial charge in [-0.15, -0.1) is 0 Å². The highest BCUT2D eigenvalue weighted by atomic mass is 35.5. The zero-order chi connectivity index (χ0) is 19.7. The number of nitrogens with one attached hydrogen (secondary N) is 1. The topological polar surface area (TPSA) is 88.6 Å². The second kappa shape index (κ2) is 7.39. The van der Waals surface area contributed by atoms with Gasteiger partial charge in [0.2, 0.25) is 0 Å². The van der Waals surface area contributed by atoms with Crippen LogP contribution in [0.2, 0.25) is 5.15 Å². The molecule has 3 amide bonds. The molecule has 1 aliphatic heterocycles. The van der Waals surface area contributed by atoms with Crippen LogP contribution in [0, 0.1) is 0 Å². The minimum atomic E-state index is -0.759. The minimum absolute atomic E-state index is 0.00888. The SMILES string of the molecule is O=C(CCN1C(=O)NC2(CCCC2)C1=O)OCc1cc2ccccc2nc1Cl. The minimum Gasteiger partial charge on any atom is -0.461 e. The van der Waals surface area contributed by atoms with E-state index in [4.69, 9.17) is 16.3 Å². The quantitative estimate of drug-likeness (QED) is 0.472. The number of hydrogen-bond acceptors (Lipinski definition) is 5. The summed E-state index contributed by atoms with van der Waals surface area (Å²) in [6.45, 7) is -0.00542. The summed E-state index contributed by atoms with van der Waals surface area (Å²) in [5.74, 6) is -0.734. The number of amides is 3. The van der Waals surface area contributed by atoms with Crippen molar-refractivity contribution in [3.05, 3.63) is 41.0 Å². The van der Waals surface area contributed by atoms with Gasteiger partial charge < -0.3 is 10.1 Å². The molecular formula is C20H20ClN3O4. The average molecular weight is 402 g/mol. The largest absolute Gasteiger partial charge is 0.461 e. The zero-order valence-electron chi connectivity index (χ0n) is 15.2. The second-order valence-electron chi connectivity index (χ2n) is 7.22. The van der Waals surface area contributed by atoms with Crippen LogP contribution in [0.5, 0.6) is 0 Å². The number of halogens is 1. The van der Waals surface area contributed by atoms with E-state index in [0.29, 0.717) is 18.4 Å². The number of rotatable bonds is 5. The lowest BCUT2D eigenvalue weighted by molar-refractivity contribution is -0.145. The van der Waals surface area contributed by atoms with E-state index in [1.165, 1.54) is 0 Å². The molecule has 1 aromatic carbocycles. The van der Waals surface area contributed by atoms with Gasteiger partial charge in [0.15, 0.2) is 0 Å². The van der Waals surface area contributed by atoms with Crippen LogP contribution in [0.4, 0.5) is 4.79 Å². The maximum atomic E-state index is 12.6. The van der Waals surface area contributed by atoms with Crippen molar-refractivity contribution < 1.29 is 19.1 Å². The lowest BCUT2D eigenvalue weighted by atomic mass is 9.98. The van der Waals surface area contributed by atoms with Crippen LogP contribution in [0.1, 0.15) is 37.7 Å². The monoisotopic (exact) mass is 401 g/mol. The second-order valence-corrected chi connectivity index (χ2v) is 7.58. The molecule has 7 nitrogen and oxygen atoms in total. The number of carbonyl (C=O) groups is 3. The number of benzene rings is 1. The molecule has 0 unspecified atom stereocenters. The maximum absolute atomic E-state index is 12.6. The fraction of sp³-hybridized carbons (Fsp3) is 0.400. The molecule has 2 aromatic rings. The molecular weight excluding hydrogens is 382 g/mol. The van der Waals surface area contributed by atoms with Gasteiger partial charge >= 0.3 is 12.0 Å². The van der Waals surface area contributed by atoms with Gasteiger partial charge in [0, 0.05) is 17.5 Å². The number of aromatic nitrogens is 1. The first kappa shape index (κ1) is 18.7. The third-order valence-corrected chi connectivity index (χ3v) is 5.71. The number of pyridine rings is 1. The molecule has 1 aromatic heterocycles. The lowest BCUT2D eigenvalue weighted by Crippen LogP contribution is -2.44. The van der Waals surface area contributed by atoms with Crippen molar-refractivity contribution in [2.45, 2.75) is 44.2 Å². The molecule has 1 saturated heterocycles. The summed E-state index contributed by atoms with van der Waals surface area (Å²) in [6.07, 6.45) is 3.09. The van der Waals surface area contributed by atoms with Crippen molar-refractivity contribution in [2.24, 2.45) is 0 Å². The van der Waals surface area contributed by atoms with E-state index in [-0.39, 0.29) is 30.6 Å². The van der Waals surface area contributed by atoms with Crippen LogP contribution >= 0.6 is 11.6 Å². The lowest BCUT2D eigenvalue weighted by Gasteiger charge is -2.19. The van der Waals surface area contributed by atoms with Gasteiger partial charge in [-0.1, -0.05) is 42.6 Å². The van der Waals surface area contributed by atoms with E-state index >= 15 is 0 Å². The first-order valence-corrected chi connectivity index (χ1v) is 9.70. The van der Waals surface area contributed by atoms with E-state index in [0.717, 1.165) is 28.6 Å². The molecule has 2 heterocycles. The molecule has 1 saturated carbocycles. The van der Waals surface area contributed by atoms with Crippen molar-refractivity contribution >= 4 is 40.4 Å². The van der Waals surface area contributed by atoms with Crippen molar-refractivity contribution in [2.75, 3.05) is 6.54 Å². The van der Waals surface area contributed by atoms with Gasteiger partial charge in [0.05, 0.1) is 11.9 Å². The standard InChI is InChI=1S/C20H20ClN3O4/c21-17-14(11-13-5-1-2-6-15(13)22-17)12-28-16(25)7-10-24-18(26)20(23-19(24)27)8-3-4-9-20/h1-2,5-6,11H,3-4,7-10,12H2,(H,23,27). The number of ether oxygens (including phenoxy) is 1. The van der Waals surface area contributed by atoms with Gasteiger partial charge in [-0.3, -0.25) is 14.5 Å². The Hall–Kier alpha value is -2.67.